The highest BCUT2D eigenvalue weighted by atomic mass is 35.5. The summed E-state index contributed by atoms with van der Waals surface area (Å²) in [5.74, 6) is -0.593. The highest BCUT2D eigenvalue weighted by Crippen LogP contribution is 2.24. The fraction of sp³-hybridized carbons (Fsp3) is 0.333. The van der Waals surface area contributed by atoms with Crippen LogP contribution in [-0.2, 0) is 4.74 Å². The van der Waals surface area contributed by atoms with Crippen LogP contribution in [0.1, 0.15) is 17.4 Å². The zero-order chi connectivity index (χ0) is 16.4. The summed E-state index contributed by atoms with van der Waals surface area (Å²) in [5, 5.41) is 0.910. The maximum absolute atomic E-state index is 12.1. The molecule has 0 aliphatic rings. The van der Waals surface area contributed by atoms with E-state index in [0.717, 1.165) is 0 Å². The number of H-pyrrole nitrogens is 1. The molecule has 1 heterocycles. The number of ether oxygens (including phenoxy) is 1. The van der Waals surface area contributed by atoms with Crippen LogP contribution in [0.5, 0.6) is 0 Å². The fourth-order valence-corrected chi connectivity index (χ4v) is 2.80. The van der Waals surface area contributed by atoms with Crippen molar-refractivity contribution in [3.8, 4) is 0 Å². The van der Waals surface area contributed by atoms with Gasteiger partial charge in [0, 0.05) is 17.6 Å². The summed E-state index contributed by atoms with van der Waals surface area (Å²) in [7, 11) is 3.76. The minimum atomic E-state index is -0.593. The second-order valence-electron chi connectivity index (χ2n) is 5.34. The number of aromatic amines is 1. The number of halogens is 2. The largest absolute Gasteiger partial charge is 0.457 e. The van der Waals surface area contributed by atoms with Crippen molar-refractivity contribution < 1.29 is 9.53 Å². The first-order chi connectivity index (χ1) is 10.3. The van der Waals surface area contributed by atoms with E-state index < -0.39 is 5.97 Å². The molecule has 0 spiro atoms. The summed E-state index contributed by atoms with van der Waals surface area (Å²) in [4.78, 5) is 29.0. The van der Waals surface area contributed by atoms with Crippen LogP contribution >= 0.6 is 23.2 Å². The number of hydrogen-bond donors (Lipinski definition) is 1. The Hall–Kier alpha value is -1.56. The number of esters is 1. The first-order valence-corrected chi connectivity index (χ1v) is 7.41. The van der Waals surface area contributed by atoms with Crippen LogP contribution < -0.4 is 5.43 Å². The van der Waals surface area contributed by atoms with Crippen molar-refractivity contribution in [1.82, 2.24) is 9.88 Å². The molecule has 0 saturated carbocycles. The number of hydrogen-bond acceptors (Lipinski definition) is 4. The molecule has 0 unspecified atom stereocenters. The number of fused-ring (bicyclic) bond motifs is 1. The first-order valence-electron chi connectivity index (χ1n) is 6.65. The topological polar surface area (TPSA) is 62.4 Å². The molecule has 0 fully saturated rings. The van der Waals surface area contributed by atoms with Crippen LogP contribution in [0.15, 0.2) is 23.0 Å². The summed E-state index contributed by atoms with van der Waals surface area (Å²) < 4.78 is 5.29. The molecule has 1 aromatic heterocycles. The monoisotopic (exact) mass is 342 g/mol. The number of rotatable bonds is 4. The molecule has 0 saturated heterocycles. The summed E-state index contributed by atoms with van der Waals surface area (Å²) in [6, 6.07) is 4.22. The lowest BCUT2D eigenvalue weighted by molar-refractivity contribution is 0.0282. The van der Waals surface area contributed by atoms with Gasteiger partial charge in [0.05, 0.1) is 15.9 Å². The lowest BCUT2D eigenvalue weighted by Crippen LogP contribution is -2.28. The normalized spacial score (nSPS) is 12.6. The Kier molecular flexibility index (Phi) is 5.11. The van der Waals surface area contributed by atoms with Gasteiger partial charge in [-0.15, -0.1) is 0 Å². The van der Waals surface area contributed by atoms with Gasteiger partial charge in [0.2, 0.25) is 0 Å². The number of carbonyl (C=O) groups excluding carboxylic acids is 1. The summed E-state index contributed by atoms with van der Waals surface area (Å²) in [6.45, 7) is 2.37. The number of nitrogens with zero attached hydrogens (tertiary/aromatic N) is 1. The molecule has 22 heavy (non-hydrogen) atoms. The van der Waals surface area contributed by atoms with E-state index in [4.69, 9.17) is 27.9 Å². The highest BCUT2D eigenvalue weighted by molar-refractivity contribution is 6.38. The van der Waals surface area contributed by atoms with Gasteiger partial charge in [-0.1, -0.05) is 23.2 Å². The Bertz CT molecular complexity index is 771. The standard InChI is InChI=1S/C15H16Cl2N2O3/c1-8(7-19(2)3)22-15(21)12-6-13(20)14-10(17)4-9(16)5-11(14)18-12/h4-6,8H,7H2,1-3H3,(H,18,20)/t8-/m1/s1. The lowest BCUT2D eigenvalue weighted by Gasteiger charge is -2.17. The van der Waals surface area contributed by atoms with Crippen LogP contribution in [-0.4, -0.2) is 42.6 Å². The van der Waals surface area contributed by atoms with Gasteiger partial charge < -0.3 is 14.6 Å². The first kappa shape index (κ1) is 16.8. The molecule has 0 aliphatic carbocycles. The Labute approximate surface area is 137 Å². The Morgan fingerprint density at radius 3 is 2.64 bits per heavy atom. The van der Waals surface area contributed by atoms with Crippen LogP contribution in [0.4, 0.5) is 0 Å². The quantitative estimate of drug-likeness (QED) is 0.867. The second-order valence-corrected chi connectivity index (χ2v) is 6.18. The molecular weight excluding hydrogens is 327 g/mol. The van der Waals surface area contributed by atoms with Gasteiger partial charge >= 0.3 is 5.97 Å². The highest BCUT2D eigenvalue weighted by Gasteiger charge is 2.16. The molecule has 7 heteroatoms. The van der Waals surface area contributed by atoms with Crippen molar-refractivity contribution >= 4 is 40.1 Å². The molecule has 1 atom stereocenters. The van der Waals surface area contributed by atoms with Crippen LogP contribution in [0.3, 0.4) is 0 Å². The van der Waals surface area contributed by atoms with E-state index in [1.54, 1.807) is 13.0 Å². The van der Waals surface area contributed by atoms with Crippen molar-refractivity contribution in [2.75, 3.05) is 20.6 Å². The van der Waals surface area contributed by atoms with Gasteiger partial charge in [-0.2, -0.15) is 0 Å². The minimum Gasteiger partial charge on any atom is -0.457 e. The predicted octanol–water partition coefficient (Wildman–Crippen LogP) is 2.94. The molecule has 0 amide bonds. The van der Waals surface area contributed by atoms with E-state index >= 15 is 0 Å². The Morgan fingerprint density at radius 1 is 1.32 bits per heavy atom. The Morgan fingerprint density at radius 2 is 2.00 bits per heavy atom. The number of benzene rings is 1. The molecule has 0 bridgehead atoms. The zero-order valence-electron chi connectivity index (χ0n) is 12.4. The third-order valence-electron chi connectivity index (χ3n) is 3.00. The smallest absolute Gasteiger partial charge is 0.355 e. The molecule has 5 nitrogen and oxygen atoms in total. The predicted molar refractivity (Wildman–Crippen MR) is 88.0 cm³/mol. The van der Waals surface area contributed by atoms with Crippen LogP contribution in [0.2, 0.25) is 10.0 Å². The average molecular weight is 343 g/mol. The fourth-order valence-electron chi connectivity index (χ4n) is 2.21. The molecule has 2 rings (SSSR count). The average Bonchev–Trinajstić information content (AvgIpc) is 2.35. The lowest BCUT2D eigenvalue weighted by atomic mass is 10.2. The van der Waals surface area contributed by atoms with Gasteiger partial charge in [-0.25, -0.2) is 4.79 Å². The molecule has 0 radical (unpaired) electrons. The maximum Gasteiger partial charge on any atom is 0.355 e. The number of aromatic nitrogens is 1. The summed E-state index contributed by atoms with van der Waals surface area (Å²) in [6.07, 6.45) is -0.301. The van der Waals surface area contributed by atoms with Crippen LogP contribution in [0.25, 0.3) is 10.9 Å². The third kappa shape index (κ3) is 3.80. The second kappa shape index (κ2) is 6.69. The van der Waals surface area contributed by atoms with E-state index in [1.807, 2.05) is 19.0 Å². The van der Waals surface area contributed by atoms with Crippen molar-refractivity contribution in [3.05, 3.63) is 44.2 Å². The van der Waals surface area contributed by atoms with Crippen molar-refractivity contribution in [3.63, 3.8) is 0 Å². The van der Waals surface area contributed by atoms with Gasteiger partial charge in [0.25, 0.3) is 0 Å². The van der Waals surface area contributed by atoms with Crippen molar-refractivity contribution in [2.45, 2.75) is 13.0 Å². The van der Waals surface area contributed by atoms with E-state index in [-0.39, 0.29) is 22.2 Å². The number of nitrogens with one attached hydrogen (secondary N) is 1. The molecular formula is C15H16Cl2N2O3. The van der Waals surface area contributed by atoms with Gasteiger partial charge in [-0.3, -0.25) is 4.79 Å². The summed E-state index contributed by atoms with van der Waals surface area (Å²) in [5.41, 5.74) is 0.112. The maximum atomic E-state index is 12.1. The number of carbonyl (C=O) groups is 1. The van der Waals surface area contributed by atoms with E-state index in [0.29, 0.717) is 22.5 Å². The summed E-state index contributed by atoms with van der Waals surface area (Å²) >= 11 is 11.9. The Balaban J connectivity index is 2.37. The minimum absolute atomic E-state index is 0.0708. The van der Waals surface area contributed by atoms with E-state index in [1.165, 1.54) is 12.1 Å². The van der Waals surface area contributed by atoms with Crippen molar-refractivity contribution in [2.24, 2.45) is 0 Å². The molecule has 1 N–H and O–H groups in total. The SMILES string of the molecule is C[C@H](CN(C)C)OC(=O)c1cc(=O)c2c(Cl)cc(Cl)cc2[nH]1. The third-order valence-corrected chi connectivity index (χ3v) is 3.51. The van der Waals surface area contributed by atoms with E-state index in [2.05, 4.69) is 4.98 Å². The molecule has 1 aromatic carbocycles. The number of likely N-dealkylation sites (N-methyl/N-ethyl adjacent to an activating group) is 1. The number of pyridine rings is 1. The van der Waals surface area contributed by atoms with Gasteiger partial charge in [0.15, 0.2) is 5.43 Å². The zero-order valence-corrected chi connectivity index (χ0v) is 14.0. The molecule has 2 aromatic rings. The molecule has 118 valence electrons. The molecule has 0 aliphatic heterocycles. The van der Waals surface area contributed by atoms with Crippen LogP contribution in [0, 0.1) is 0 Å². The van der Waals surface area contributed by atoms with E-state index in [9.17, 15) is 9.59 Å². The van der Waals surface area contributed by atoms with Crippen molar-refractivity contribution in [1.29, 1.82) is 0 Å². The van der Waals surface area contributed by atoms with Gasteiger partial charge in [0.1, 0.15) is 11.8 Å². The van der Waals surface area contributed by atoms with Gasteiger partial charge in [-0.05, 0) is 33.2 Å².